The number of guanidine groups is 2. The Bertz CT molecular complexity index is 2650. The lowest BCUT2D eigenvalue weighted by atomic mass is 9.99. The second kappa shape index (κ2) is 35.3. The Labute approximate surface area is 484 Å². The number of carbonyl (C=O) groups is 9. The number of nitrogens with one attached hydrogen (secondary N) is 8. The largest absolute Gasteiger partial charge is 0.480 e. The van der Waals surface area contributed by atoms with E-state index < -0.39 is 120 Å². The molecule has 83 heavy (non-hydrogen) atoms. The van der Waals surface area contributed by atoms with Crippen LogP contribution in [0.4, 0.5) is 0 Å². The van der Waals surface area contributed by atoms with E-state index in [-0.39, 0.29) is 75.9 Å². The highest BCUT2D eigenvalue weighted by Crippen LogP contribution is 2.13. The van der Waals surface area contributed by atoms with Crippen molar-refractivity contribution in [2.24, 2.45) is 50.5 Å². The quantitative estimate of drug-likeness (QED) is 0.0176. The molecule has 0 radical (unpaired) electrons. The first-order valence-corrected chi connectivity index (χ1v) is 27.6. The third kappa shape index (κ3) is 25.4. The van der Waals surface area contributed by atoms with E-state index in [1.165, 1.54) is 13.8 Å². The molecule has 0 aromatic heterocycles. The fraction of sp³-hybridized carbons (Fsp3) is 0.491. The van der Waals surface area contributed by atoms with E-state index in [0.717, 1.165) is 0 Å². The van der Waals surface area contributed by atoms with Crippen LogP contribution in [0.5, 0.6) is 0 Å². The van der Waals surface area contributed by atoms with E-state index in [9.17, 15) is 53.4 Å². The van der Waals surface area contributed by atoms with Crippen molar-refractivity contribution in [3.63, 3.8) is 0 Å². The number of aliphatic hydroxyl groups is 1. The summed E-state index contributed by atoms with van der Waals surface area (Å²) in [4.78, 5) is 132. The fourth-order valence-electron chi connectivity index (χ4n) is 8.50. The van der Waals surface area contributed by atoms with Gasteiger partial charge in [-0.25, -0.2) is 4.79 Å². The highest BCUT2D eigenvalue weighted by atomic mass is 16.4. The highest BCUT2D eigenvalue weighted by molar-refractivity contribution is 5.98. The number of hydrogen-bond acceptors (Lipinski definition) is 13. The van der Waals surface area contributed by atoms with Gasteiger partial charge >= 0.3 is 5.97 Å². The Morgan fingerprint density at radius 1 is 0.446 bits per heavy atom. The Morgan fingerprint density at radius 2 is 0.807 bits per heavy atom. The minimum Gasteiger partial charge on any atom is -0.480 e. The van der Waals surface area contributed by atoms with E-state index in [1.54, 1.807) is 105 Å². The molecule has 10 atom stereocenters. The van der Waals surface area contributed by atoms with Gasteiger partial charge in [0.05, 0.1) is 12.1 Å². The van der Waals surface area contributed by atoms with E-state index in [1.807, 2.05) is 13.8 Å². The average Bonchev–Trinajstić information content (AvgIpc) is 3.61. The van der Waals surface area contributed by atoms with E-state index in [0.29, 0.717) is 23.1 Å². The van der Waals surface area contributed by atoms with Gasteiger partial charge in [0.2, 0.25) is 47.3 Å². The topological polar surface area (TPSA) is 445 Å². The zero-order valence-electron chi connectivity index (χ0n) is 48.0. The predicted molar refractivity (Wildman–Crippen MR) is 313 cm³/mol. The summed E-state index contributed by atoms with van der Waals surface area (Å²) in [5.41, 5.74) is 29.9. The van der Waals surface area contributed by atoms with Crippen LogP contribution in [0, 0.1) is 11.8 Å². The molecule has 0 heterocycles. The second-order valence-corrected chi connectivity index (χ2v) is 21.0. The number of nitrogens with two attached hydrogens (primary N) is 5. The molecule has 3 rings (SSSR count). The van der Waals surface area contributed by atoms with Crippen LogP contribution in [0.15, 0.2) is 101 Å². The summed E-state index contributed by atoms with van der Waals surface area (Å²) in [6.45, 7) is 9.84. The predicted octanol–water partition coefficient (Wildman–Crippen LogP) is -1.79. The molecule has 26 nitrogen and oxygen atoms in total. The van der Waals surface area contributed by atoms with Gasteiger partial charge in [-0.1, -0.05) is 119 Å². The van der Waals surface area contributed by atoms with Crippen LogP contribution >= 0.6 is 0 Å². The van der Waals surface area contributed by atoms with Gasteiger partial charge in [0.1, 0.15) is 42.3 Å². The first kappa shape index (κ1) is 68.6. The smallest absolute Gasteiger partial charge is 0.328 e. The lowest BCUT2D eigenvalue weighted by Crippen LogP contribution is -2.61. The van der Waals surface area contributed by atoms with Crippen molar-refractivity contribution in [1.29, 1.82) is 0 Å². The first-order valence-electron chi connectivity index (χ1n) is 27.6. The zero-order chi connectivity index (χ0) is 61.8. The molecular formula is C57H85N15O11. The maximum atomic E-state index is 14.5. The monoisotopic (exact) mass is 1160 g/mol. The van der Waals surface area contributed by atoms with Crippen LogP contribution in [0.1, 0.15) is 90.3 Å². The standard InChI is InChI=1S/C57H85N15O11/c1-32(2)28-41(68-48(75)39(58)24-16-26-63-56(59)60)51(78)70-42(29-36-18-10-7-11-19-36)50(77)65-34(5)47(74)67-43(30-37-20-12-8-13-21-37)52(79)71-45(33(3)4)54(81)66-40(25-17-27-64-57(61)62)49(76)69-44(31-38-22-14-9-15-23-38)53(80)72-46(35(6)73)55(82)83/h7-15,18-23,32-35,39-46,73H,16-17,24-31,58H2,1-6H3,(H,65,77)(H,66,81)(H,67,74)(H,68,75)(H,69,76)(H,70,78)(H,71,79)(H,72,80)(H,82,83)(H4,59,60,63)(H4,61,62,64)/t34-,35+,39-,40-,41-,42-,43-,44-,45-,46-/m0/s1. The molecule has 3 aromatic rings. The molecule has 454 valence electrons. The lowest BCUT2D eigenvalue weighted by molar-refractivity contribution is -0.145. The molecule has 0 aliphatic carbocycles. The summed E-state index contributed by atoms with van der Waals surface area (Å²) in [6, 6.07) is 14.1. The molecular weight excluding hydrogens is 1070 g/mol. The minimum atomic E-state index is -1.72. The molecule has 8 amide bonds. The van der Waals surface area contributed by atoms with Gasteiger partial charge in [-0.2, -0.15) is 0 Å². The number of carboxylic acid groups (broad SMARTS) is 1. The van der Waals surface area contributed by atoms with Gasteiger partial charge in [0, 0.05) is 32.4 Å². The minimum absolute atomic E-state index is 0.0172. The van der Waals surface area contributed by atoms with Crippen LogP contribution in [-0.2, 0) is 62.4 Å². The molecule has 0 saturated carbocycles. The summed E-state index contributed by atoms with van der Waals surface area (Å²) >= 11 is 0. The third-order valence-corrected chi connectivity index (χ3v) is 13.0. The molecule has 0 aliphatic rings. The van der Waals surface area contributed by atoms with Crippen molar-refractivity contribution in [2.75, 3.05) is 13.1 Å². The van der Waals surface area contributed by atoms with Crippen LogP contribution < -0.4 is 71.2 Å². The fourth-order valence-corrected chi connectivity index (χ4v) is 8.50. The van der Waals surface area contributed by atoms with Crippen LogP contribution in [0.2, 0.25) is 0 Å². The zero-order valence-corrected chi connectivity index (χ0v) is 48.0. The van der Waals surface area contributed by atoms with Crippen LogP contribution in [-0.4, -0.2) is 149 Å². The van der Waals surface area contributed by atoms with Crippen LogP contribution in [0.3, 0.4) is 0 Å². The summed E-state index contributed by atoms with van der Waals surface area (Å²) < 4.78 is 0. The van der Waals surface area contributed by atoms with E-state index in [2.05, 4.69) is 52.5 Å². The van der Waals surface area contributed by atoms with Crippen LogP contribution in [0.25, 0.3) is 0 Å². The van der Waals surface area contributed by atoms with Crippen molar-refractivity contribution < 1.29 is 53.4 Å². The molecule has 0 aliphatic heterocycles. The molecule has 0 bridgehead atoms. The highest BCUT2D eigenvalue weighted by Gasteiger charge is 2.36. The number of aliphatic carboxylic acids is 1. The second-order valence-electron chi connectivity index (χ2n) is 21.0. The Morgan fingerprint density at radius 3 is 1.20 bits per heavy atom. The number of amides is 8. The third-order valence-electron chi connectivity index (χ3n) is 13.0. The van der Waals surface area contributed by atoms with Gasteiger partial charge in [-0.05, 0) is 74.5 Å². The Hall–Kier alpha value is -8.65. The number of aliphatic imine (C=N–C) groups is 2. The summed E-state index contributed by atoms with van der Waals surface area (Å²) in [6.07, 6.45) is -0.858. The molecule has 0 fully saturated rings. The average molecular weight is 1160 g/mol. The number of carbonyl (C=O) groups excluding carboxylic acids is 8. The number of hydrogen-bond donors (Lipinski definition) is 15. The van der Waals surface area contributed by atoms with Gasteiger partial charge in [0.25, 0.3) is 0 Å². The van der Waals surface area contributed by atoms with Crippen molar-refractivity contribution in [1.82, 2.24) is 42.5 Å². The van der Waals surface area contributed by atoms with Crippen molar-refractivity contribution in [2.45, 2.75) is 153 Å². The summed E-state index contributed by atoms with van der Waals surface area (Å²) in [5.74, 6) is -8.82. The Balaban J connectivity index is 1.90. The number of benzene rings is 3. The van der Waals surface area contributed by atoms with E-state index in [4.69, 9.17) is 28.7 Å². The van der Waals surface area contributed by atoms with E-state index >= 15 is 0 Å². The molecule has 0 unspecified atom stereocenters. The first-order chi connectivity index (χ1) is 39.2. The maximum absolute atomic E-state index is 14.5. The van der Waals surface area contributed by atoms with Crippen molar-refractivity contribution >= 4 is 65.1 Å². The summed E-state index contributed by atoms with van der Waals surface area (Å²) in [5, 5.41) is 41.0. The van der Waals surface area contributed by atoms with Gasteiger partial charge in [0.15, 0.2) is 18.0 Å². The molecule has 0 spiro atoms. The van der Waals surface area contributed by atoms with Crippen molar-refractivity contribution in [3.8, 4) is 0 Å². The molecule has 3 aromatic carbocycles. The maximum Gasteiger partial charge on any atom is 0.328 e. The SMILES string of the molecule is CC(C)C[C@H](NC(=O)[C@@H](N)CCCN=C(N)N)C(=O)N[C@@H](Cc1ccccc1)C(=O)N[C@@H](C)C(=O)N[C@@H](Cc1ccccc1)C(=O)N[C@H](C(=O)N[C@@H](CCCN=C(N)N)C(=O)N[C@@H](Cc1ccccc1)C(=O)N[C@H](C(=O)O)[C@@H](C)O)C(C)C. The van der Waals surface area contributed by atoms with Crippen molar-refractivity contribution in [3.05, 3.63) is 108 Å². The molecule has 0 saturated heterocycles. The van der Waals surface area contributed by atoms with Gasteiger partial charge in [-0.15, -0.1) is 0 Å². The summed E-state index contributed by atoms with van der Waals surface area (Å²) in [7, 11) is 0. The lowest BCUT2D eigenvalue weighted by Gasteiger charge is -2.29. The number of carboxylic acids is 1. The number of rotatable bonds is 35. The number of aliphatic hydroxyl groups excluding tert-OH is 1. The molecule has 20 N–H and O–H groups in total. The normalized spacial score (nSPS) is 14.7. The molecule has 26 heteroatoms. The number of nitrogens with zero attached hydrogens (tertiary/aromatic N) is 2. The van der Waals surface area contributed by atoms with Gasteiger partial charge in [-0.3, -0.25) is 48.3 Å². The Kier molecular flexibility index (Phi) is 29.2. The van der Waals surface area contributed by atoms with Gasteiger partial charge < -0.3 is 81.4 Å².